The van der Waals surface area contributed by atoms with Crippen molar-refractivity contribution in [2.75, 3.05) is 7.11 Å². The molecule has 112 valence electrons. The van der Waals surface area contributed by atoms with Crippen LogP contribution < -0.4 is 10.1 Å². The van der Waals surface area contributed by atoms with Crippen LogP contribution in [0.15, 0.2) is 48.5 Å². The Morgan fingerprint density at radius 1 is 1.05 bits per heavy atom. The maximum absolute atomic E-state index is 10.0. The molecule has 1 unspecified atom stereocenters. The fourth-order valence-electron chi connectivity index (χ4n) is 2.63. The predicted octanol–water partition coefficient (Wildman–Crippen LogP) is 4.20. The van der Waals surface area contributed by atoms with Crippen molar-refractivity contribution in [1.29, 1.82) is 0 Å². The number of benzene rings is 2. The number of nitrogens with one attached hydrogen (secondary N) is 1. The third kappa shape index (κ3) is 3.56. The van der Waals surface area contributed by atoms with Crippen LogP contribution in [0.1, 0.15) is 43.5 Å². The highest BCUT2D eigenvalue weighted by Crippen LogP contribution is 2.31. The van der Waals surface area contributed by atoms with E-state index in [1.165, 1.54) is 0 Å². The first-order valence-electron chi connectivity index (χ1n) is 7.34. The number of hydrogen-bond acceptors (Lipinski definition) is 3. The minimum Gasteiger partial charge on any atom is -0.508 e. The minimum absolute atomic E-state index is 0.103. The van der Waals surface area contributed by atoms with E-state index in [4.69, 9.17) is 4.74 Å². The van der Waals surface area contributed by atoms with Crippen molar-refractivity contribution in [3.8, 4) is 11.5 Å². The smallest absolute Gasteiger partial charge is 0.123 e. The van der Waals surface area contributed by atoms with Gasteiger partial charge in [0.15, 0.2) is 0 Å². The van der Waals surface area contributed by atoms with Crippen LogP contribution in [0.5, 0.6) is 11.5 Å². The van der Waals surface area contributed by atoms with E-state index in [9.17, 15) is 5.11 Å². The number of para-hydroxylation sites is 2. The first-order chi connectivity index (χ1) is 10.2. The summed E-state index contributed by atoms with van der Waals surface area (Å²) in [5.41, 5.74) is 2.05. The molecule has 0 aromatic heterocycles. The highest BCUT2D eigenvalue weighted by atomic mass is 16.5. The lowest BCUT2D eigenvalue weighted by Gasteiger charge is -2.24. The van der Waals surface area contributed by atoms with Crippen molar-refractivity contribution in [2.24, 2.45) is 0 Å². The van der Waals surface area contributed by atoms with Gasteiger partial charge in [-0.3, -0.25) is 0 Å². The van der Waals surface area contributed by atoms with Crippen molar-refractivity contribution >= 4 is 0 Å². The Morgan fingerprint density at radius 2 is 1.67 bits per heavy atom. The van der Waals surface area contributed by atoms with E-state index in [-0.39, 0.29) is 12.1 Å². The largest absolute Gasteiger partial charge is 0.508 e. The molecule has 0 saturated heterocycles. The molecule has 2 atom stereocenters. The van der Waals surface area contributed by atoms with Crippen molar-refractivity contribution < 1.29 is 9.84 Å². The zero-order valence-electron chi connectivity index (χ0n) is 12.8. The van der Waals surface area contributed by atoms with Gasteiger partial charge in [-0.1, -0.05) is 43.3 Å². The van der Waals surface area contributed by atoms with E-state index in [0.29, 0.717) is 5.75 Å². The van der Waals surface area contributed by atoms with E-state index in [2.05, 4.69) is 25.2 Å². The quantitative estimate of drug-likeness (QED) is 0.835. The molecule has 2 aromatic rings. The average molecular weight is 285 g/mol. The molecule has 0 aliphatic rings. The Morgan fingerprint density at radius 3 is 2.29 bits per heavy atom. The van der Waals surface area contributed by atoms with Crippen LogP contribution in [0.2, 0.25) is 0 Å². The molecule has 2 rings (SSSR count). The lowest BCUT2D eigenvalue weighted by Crippen LogP contribution is -2.24. The van der Waals surface area contributed by atoms with Crippen molar-refractivity contribution in [2.45, 2.75) is 32.4 Å². The summed E-state index contributed by atoms with van der Waals surface area (Å²) >= 11 is 0. The Hall–Kier alpha value is -2.00. The van der Waals surface area contributed by atoms with Crippen LogP contribution in [-0.4, -0.2) is 12.2 Å². The normalized spacial score (nSPS) is 13.7. The van der Waals surface area contributed by atoms with Gasteiger partial charge in [0.05, 0.1) is 7.11 Å². The second kappa shape index (κ2) is 7.14. The maximum Gasteiger partial charge on any atom is 0.123 e. The number of phenols is 1. The van der Waals surface area contributed by atoms with Gasteiger partial charge in [0.1, 0.15) is 11.5 Å². The van der Waals surface area contributed by atoms with E-state index in [0.717, 1.165) is 23.3 Å². The van der Waals surface area contributed by atoms with Gasteiger partial charge in [-0.2, -0.15) is 0 Å². The minimum atomic E-state index is 0.103. The summed E-state index contributed by atoms with van der Waals surface area (Å²) in [6, 6.07) is 15.7. The van der Waals surface area contributed by atoms with E-state index >= 15 is 0 Å². The SMILES string of the molecule is CCC(N[C@@H](C)c1ccccc1OC)c1ccccc1O. The van der Waals surface area contributed by atoms with Gasteiger partial charge < -0.3 is 15.2 Å². The van der Waals surface area contributed by atoms with Gasteiger partial charge in [0.25, 0.3) is 0 Å². The third-order valence-electron chi connectivity index (χ3n) is 3.78. The Balaban J connectivity index is 2.20. The topological polar surface area (TPSA) is 41.5 Å². The molecule has 0 spiro atoms. The number of hydrogen-bond donors (Lipinski definition) is 2. The second-order valence-corrected chi connectivity index (χ2v) is 5.15. The van der Waals surface area contributed by atoms with Gasteiger partial charge in [-0.15, -0.1) is 0 Å². The number of aromatic hydroxyl groups is 1. The lowest BCUT2D eigenvalue weighted by atomic mass is 10.00. The first kappa shape index (κ1) is 15.4. The molecule has 0 bridgehead atoms. The molecule has 0 amide bonds. The highest BCUT2D eigenvalue weighted by Gasteiger charge is 2.18. The molecular formula is C18H23NO2. The summed E-state index contributed by atoms with van der Waals surface area (Å²) in [7, 11) is 1.69. The van der Waals surface area contributed by atoms with Gasteiger partial charge in [0.2, 0.25) is 0 Å². The Bertz CT molecular complexity index is 583. The van der Waals surface area contributed by atoms with Gasteiger partial charge in [0, 0.05) is 23.2 Å². The summed E-state index contributed by atoms with van der Waals surface area (Å²) < 4.78 is 5.42. The monoisotopic (exact) mass is 285 g/mol. The molecule has 0 radical (unpaired) electrons. The zero-order chi connectivity index (χ0) is 15.2. The Labute approximate surface area is 126 Å². The van der Waals surface area contributed by atoms with Gasteiger partial charge >= 0.3 is 0 Å². The predicted molar refractivity (Wildman–Crippen MR) is 85.7 cm³/mol. The van der Waals surface area contributed by atoms with Gasteiger partial charge in [-0.05, 0) is 25.5 Å². The van der Waals surface area contributed by atoms with Crippen molar-refractivity contribution in [3.05, 3.63) is 59.7 Å². The number of methoxy groups -OCH3 is 1. The van der Waals surface area contributed by atoms with Crippen LogP contribution >= 0.6 is 0 Å². The fraction of sp³-hybridized carbons (Fsp3) is 0.333. The van der Waals surface area contributed by atoms with Crippen LogP contribution in [-0.2, 0) is 0 Å². The number of phenolic OH excluding ortho intramolecular Hbond substituents is 1. The molecule has 2 aromatic carbocycles. The molecule has 3 heteroatoms. The van der Waals surface area contributed by atoms with E-state index < -0.39 is 0 Å². The molecule has 2 N–H and O–H groups in total. The summed E-state index contributed by atoms with van der Waals surface area (Å²) in [5.74, 6) is 1.22. The van der Waals surface area contributed by atoms with Crippen LogP contribution in [0, 0.1) is 0 Å². The van der Waals surface area contributed by atoms with Crippen molar-refractivity contribution in [1.82, 2.24) is 5.32 Å². The molecular weight excluding hydrogens is 262 g/mol. The van der Waals surface area contributed by atoms with Crippen molar-refractivity contribution in [3.63, 3.8) is 0 Å². The second-order valence-electron chi connectivity index (χ2n) is 5.15. The maximum atomic E-state index is 10.0. The van der Waals surface area contributed by atoms with E-state index in [1.54, 1.807) is 13.2 Å². The van der Waals surface area contributed by atoms with Crippen LogP contribution in [0.25, 0.3) is 0 Å². The van der Waals surface area contributed by atoms with E-state index in [1.807, 2.05) is 36.4 Å². The fourth-order valence-corrected chi connectivity index (χ4v) is 2.63. The average Bonchev–Trinajstić information content (AvgIpc) is 2.53. The first-order valence-corrected chi connectivity index (χ1v) is 7.34. The highest BCUT2D eigenvalue weighted by molar-refractivity contribution is 5.37. The summed E-state index contributed by atoms with van der Waals surface area (Å²) in [4.78, 5) is 0. The number of ether oxygens (including phenoxy) is 1. The Kier molecular flexibility index (Phi) is 5.23. The number of rotatable bonds is 6. The molecule has 0 saturated carbocycles. The lowest BCUT2D eigenvalue weighted by molar-refractivity contribution is 0.387. The molecule has 3 nitrogen and oxygen atoms in total. The van der Waals surface area contributed by atoms with Crippen LogP contribution in [0.4, 0.5) is 0 Å². The summed E-state index contributed by atoms with van der Waals surface area (Å²) in [6.07, 6.45) is 0.900. The zero-order valence-corrected chi connectivity index (χ0v) is 12.8. The summed E-state index contributed by atoms with van der Waals surface area (Å²) in [5, 5.41) is 13.6. The van der Waals surface area contributed by atoms with Gasteiger partial charge in [-0.25, -0.2) is 0 Å². The molecule has 0 fully saturated rings. The molecule has 21 heavy (non-hydrogen) atoms. The molecule has 0 aliphatic heterocycles. The summed E-state index contributed by atoms with van der Waals surface area (Å²) in [6.45, 7) is 4.22. The standard InChI is InChI=1S/C18H23NO2/c1-4-16(15-10-5-7-11-17(15)20)19-13(2)14-9-6-8-12-18(14)21-3/h5-13,16,19-20H,4H2,1-3H3/t13-,16?/m0/s1. The molecule has 0 aliphatic carbocycles. The molecule has 0 heterocycles. The third-order valence-corrected chi connectivity index (χ3v) is 3.78. The van der Waals surface area contributed by atoms with Crippen LogP contribution in [0.3, 0.4) is 0 Å².